The van der Waals surface area contributed by atoms with E-state index in [0.29, 0.717) is 36.6 Å². The molecule has 0 aliphatic carbocycles. The summed E-state index contributed by atoms with van der Waals surface area (Å²) in [6.07, 6.45) is 0.674. The molecule has 0 spiro atoms. The van der Waals surface area contributed by atoms with Gasteiger partial charge in [-0.15, -0.1) is 0 Å². The van der Waals surface area contributed by atoms with Crippen LogP contribution >= 0.6 is 0 Å². The number of amides is 2. The van der Waals surface area contributed by atoms with Crippen molar-refractivity contribution in [3.05, 3.63) is 11.4 Å². The standard InChI is InChI=1S/C11H17N5O2/c1-3-7-9(12)10(15(2)14-7)11(18)16-5-4-13-8(17)6-16/h3-6,12H2,1-2H3,(H,13,17). The first-order valence-corrected chi connectivity index (χ1v) is 5.92. The molecule has 2 amide bonds. The van der Waals surface area contributed by atoms with Gasteiger partial charge in [-0.25, -0.2) is 0 Å². The van der Waals surface area contributed by atoms with Gasteiger partial charge in [0.15, 0.2) is 0 Å². The summed E-state index contributed by atoms with van der Waals surface area (Å²) in [5, 5.41) is 6.88. The molecular weight excluding hydrogens is 234 g/mol. The van der Waals surface area contributed by atoms with Crippen LogP contribution in [0.15, 0.2) is 0 Å². The molecule has 1 fully saturated rings. The minimum atomic E-state index is -0.239. The number of carbonyl (C=O) groups excluding carboxylic acids is 2. The first-order chi connectivity index (χ1) is 8.54. The van der Waals surface area contributed by atoms with Crippen LogP contribution in [0.1, 0.15) is 23.1 Å². The number of hydrogen-bond donors (Lipinski definition) is 2. The van der Waals surface area contributed by atoms with Crippen molar-refractivity contribution in [3.8, 4) is 0 Å². The lowest BCUT2D eigenvalue weighted by Gasteiger charge is -2.26. The van der Waals surface area contributed by atoms with E-state index in [1.54, 1.807) is 7.05 Å². The fraction of sp³-hybridized carbons (Fsp3) is 0.545. The maximum atomic E-state index is 12.3. The second kappa shape index (κ2) is 4.67. The van der Waals surface area contributed by atoms with Gasteiger partial charge in [-0.2, -0.15) is 5.10 Å². The number of carbonyl (C=O) groups is 2. The van der Waals surface area contributed by atoms with Gasteiger partial charge in [0.1, 0.15) is 5.69 Å². The second-order valence-electron chi connectivity index (χ2n) is 4.26. The van der Waals surface area contributed by atoms with E-state index in [1.165, 1.54) is 9.58 Å². The summed E-state index contributed by atoms with van der Waals surface area (Å²) in [5.74, 6) is -0.386. The third-order valence-electron chi connectivity index (χ3n) is 3.02. The van der Waals surface area contributed by atoms with E-state index < -0.39 is 0 Å². The van der Waals surface area contributed by atoms with Gasteiger partial charge in [-0.1, -0.05) is 6.92 Å². The summed E-state index contributed by atoms with van der Waals surface area (Å²) in [6, 6.07) is 0. The molecule has 0 saturated carbocycles. The number of anilines is 1. The zero-order chi connectivity index (χ0) is 13.3. The van der Waals surface area contributed by atoms with Gasteiger partial charge in [0, 0.05) is 20.1 Å². The minimum absolute atomic E-state index is 0.0743. The van der Waals surface area contributed by atoms with E-state index >= 15 is 0 Å². The van der Waals surface area contributed by atoms with E-state index in [-0.39, 0.29) is 18.4 Å². The highest BCUT2D eigenvalue weighted by atomic mass is 16.2. The summed E-state index contributed by atoms with van der Waals surface area (Å²) < 4.78 is 1.49. The number of nitrogens with zero attached hydrogens (tertiary/aromatic N) is 3. The summed E-state index contributed by atoms with van der Waals surface area (Å²) >= 11 is 0. The van der Waals surface area contributed by atoms with Crippen molar-refractivity contribution in [2.24, 2.45) is 7.05 Å². The van der Waals surface area contributed by atoms with Crippen molar-refractivity contribution in [2.45, 2.75) is 13.3 Å². The SMILES string of the molecule is CCc1nn(C)c(C(=O)N2CCNC(=O)C2)c1N. The van der Waals surface area contributed by atoms with Crippen LogP contribution in [-0.2, 0) is 18.3 Å². The number of aromatic nitrogens is 2. The molecule has 7 nitrogen and oxygen atoms in total. The Hall–Kier alpha value is -2.05. The Balaban J connectivity index is 2.28. The Morgan fingerprint density at radius 2 is 2.28 bits per heavy atom. The van der Waals surface area contributed by atoms with Crippen LogP contribution in [-0.4, -0.2) is 46.1 Å². The fourth-order valence-electron chi connectivity index (χ4n) is 2.07. The lowest BCUT2D eigenvalue weighted by molar-refractivity contribution is -0.123. The zero-order valence-corrected chi connectivity index (χ0v) is 10.6. The van der Waals surface area contributed by atoms with Crippen molar-refractivity contribution in [1.29, 1.82) is 0 Å². The van der Waals surface area contributed by atoms with Gasteiger partial charge in [0.05, 0.1) is 17.9 Å². The molecule has 18 heavy (non-hydrogen) atoms. The second-order valence-corrected chi connectivity index (χ2v) is 4.26. The van der Waals surface area contributed by atoms with Crippen molar-refractivity contribution >= 4 is 17.5 Å². The van der Waals surface area contributed by atoms with Crippen LogP contribution in [0.25, 0.3) is 0 Å². The van der Waals surface area contributed by atoms with E-state index in [2.05, 4.69) is 10.4 Å². The average molecular weight is 251 g/mol. The van der Waals surface area contributed by atoms with Crippen molar-refractivity contribution < 1.29 is 9.59 Å². The van der Waals surface area contributed by atoms with Crippen LogP contribution in [0.3, 0.4) is 0 Å². The molecule has 2 rings (SSSR count). The predicted octanol–water partition coefficient (Wildman–Crippen LogP) is -0.863. The van der Waals surface area contributed by atoms with Crippen LogP contribution in [0, 0.1) is 0 Å². The fourth-order valence-corrected chi connectivity index (χ4v) is 2.07. The van der Waals surface area contributed by atoms with E-state index in [0.717, 1.165) is 0 Å². The molecular formula is C11H17N5O2. The molecule has 0 atom stereocenters. The third kappa shape index (κ3) is 2.03. The molecule has 7 heteroatoms. The smallest absolute Gasteiger partial charge is 0.274 e. The Morgan fingerprint density at radius 1 is 1.56 bits per heavy atom. The van der Waals surface area contributed by atoms with Crippen molar-refractivity contribution in [1.82, 2.24) is 20.0 Å². The van der Waals surface area contributed by atoms with Gasteiger partial charge in [0.25, 0.3) is 5.91 Å². The highest BCUT2D eigenvalue weighted by molar-refractivity contribution is 6.00. The molecule has 1 aromatic rings. The lowest BCUT2D eigenvalue weighted by atomic mass is 10.2. The molecule has 2 heterocycles. The lowest BCUT2D eigenvalue weighted by Crippen LogP contribution is -2.50. The zero-order valence-electron chi connectivity index (χ0n) is 10.6. The summed E-state index contributed by atoms with van der Waals surface area (Å²) in [5.41, 5.74) is 7.41. The number of nitrogens with two attached hydrogens (primary N) is 1. The number of nitrogen functional groups attached to an aromatic ring is 1. The molecule has 0 unspecified atom stereocenters. The largest absolute Gasteiger partial charge is 0.395 e. The van der Waals surface area contributed by atoms with Gasteiger partial charge >= 0.3 is 0 Å². The molecule has 1 saturated heterocycles. The minimum Gasteiger partial charge on any atom is -0.395 e. The number of piperazine rings is 1. The molecule has 3 N–H and O–H groups in total. The first kappa shape index (κ1) is 12.4. The molecule has 0 bridgehead atoms. The van der Waals surface area contributed by atoms with E-state index in [4.69, 9.17) is 5.73 Å². The molecule has 1 aliphatic rings. The Labute approximate surface area is 105 Å². The first-order valence-electron chi connectivity index (χ1n) is 5.92. The van der Waals surface area contributed by atoms with Gasteiger partial charge in [0.2, 0.25) is 5.91 Å². The number of nitrogens with one attached hydrogen (secondary N) is 1. The monoisotopic (exact) mass is 251 g/mol. The van der Waals surface area contributed by atoms with Gasteiger partial charge < -0.3 is 16.0 Å². The topological polar surface area (TPSA) is 93.2 Å². The summed E-state index contributed by atoms with van der Waals surface area (Å²) in [6.45, 7) is 2.98. The summed E-state index contributed by atoms with van der Waals surface area (Å²) in [4.78, 5) is 25.1. The van der Waals surface area contributed by atoms with Crippen LogP contribution in [0.4, 0.5) is 5.69 Å². The summed E-state index contributed by atoms with van der Waals surface area (Å²) in [7, 11) is 1.69. The number of hydrogen-bond acceptors (Lipinski definition) is 4. The third-order valence-corrected chi connectivity index (χ3v) is 3.02. The van der Waals surface area contributed by atoms with Crippen molar-refractivity contribution in [2.75, 3.05) is 25.4 Å². The van der Waals surface area contributed by atoms with E-state index in [1.807, 2.05) is 6.92 Å². The highest BCUT2D eigenvalue weighted by Gasteiger charge is 2.27. The molecule has 0 aromatic carbocycles. The molecule has 1 aliphatic heterocycles. The average Bonchev–Trinajstić information content (AvgIpc) is 2.63. The van der Waals surface area contributed by atoms with Crippen molar-refractivity contribution in [3.63, 3.8) is 0 Å². The molecule has 0 radical (unpaired) electrons. The number of rotatable bonds is 2. The normalized spacial score (nSPS) is 15.7. The maximum Gasteiger partial charge on any atom is 0.274 e. The maximum absolute atomic E-state index is 12.3. The van der Waals surface area contributed by atoms with E-state index in [9.17, 15) is 9.59 Å². The molecule has 98 valence electrons. The Morgan fingerprint density at radius 3 is 2.83 bits per heavy atom. The predicted molar refractivity (Wildman–Crippen MR) is 65.9 cm³/mol. The Kier molecular flexibility index (Phi) is 3.22. The van der Waals surface area contributed by atoms with Crippen LogP contribution in [0.2, 0.25) is 0 Å². The van der Waals surface area contributed by atoms with Gasteiger partial charge in [-0.05, 0) is 6.42 Å². The molecule has 1 aromatic heterocycles. The van der Waals surface area contributed by atoms with Crippen LogP contribution < -0.4 is 11.1 Å². The quantitative estimate of drug-likeness (QED) is 0.715. The van der Waals surface area contributed by atoms with Gasteiger partial charge in [-0.3, -0.25) is 14.3 Å². The highest BCUT2D eigenvalue weighted by Crippen LogP contribution is 2.19. The number of aryl methyl sites for hydroxylation is 2. The Bertz CT molecular complexity index is 494. The van der Waals surface area contributed by atoms with Crippen LogP contribution in [0.5, 0.6) is 0 Å².